The van der Waals surface area contributed by atoms with Crippen LogP contribution in [0.1, 0.15) is 24.2 Å². The Balaban J connectivity index is 1.48. The normalized spacial score (nSPS) is 19.6. The maximum Gasteiger partial charge on any atom is 0.222 e. The van der Waals surface area contributed by atoms with E-state index in [1.165, 1.54) is 12.8 Å². The van der Waals surface area contributed by atoms with Crippen LogP contribution in [0.3, 0.4) is 0 Å². The molecular formula is C16H22N4O. The van der Waals surface area contributed by atoms with Crippen molar-refractivity contribution in [3.63, 3.8) is 0 Å². The summed E-state index contributed by atoms with van der Waals surface area (Å²) in [4.78, 5) is 11.0. The van der Waals surface area contributed by atoms with Gasteiger partial charge in [-0.15, -0.1) is 0 Å². The van der Waals surface area contributed by atoms with E-state index in [1.807, 2.05) is 31.5 Å². The topological polar surface area (TPSA) is 54.2 Å². The summed E-state index contributed by atoms with van der Waals surface area (Å²) in [6.45, 7) is 6.08. The van der Waals surface area contributed by atoms with Gasteiger partial charge in [-0.2, -0.15) is 0 Å². The Morgan fingerprint density at radius 3 is 3.00 bits per heavy atom. The van der Waals surface area contributed by atoms with Crippen LogP contribution in [-0.4, -0.2) is 34.5 Å². The minimum atomic E-state index is 0.638. The molecule has 1 N–H and O–H groups in total. The van der Waals surface area contributed by atoms with Gasteiger partial charge in [-0.3, -0.25) is 4.90 Å². The van der Waals surface area contributed by atoms with E-state index in [0.717, 1.165) is 43.5 Å². The average Bonchev–Trinajstić information content (AvgIpc) is 3.00. The SMILES string of the molecule is Cc1cnc(NC[C@@H]2CCCN(Cc3ccco3)C2)nc1. The summed E-state index contributed by atoms with van der Waals surface area (Å²) in [5, 5.41) is 3.35. The van der Waals surface area contributed by atoms with Gasteiger partial charge in [0.15, 0.2) is 0 Å². The average molecular weight is 286 g/mol. The van der Waals surface area contributed by atoms with Crippen LogP contribution in [0, 0.1) is 12.8 Å². The highest BCUT2D eigenvalue weighted by atomic mass is 16.3. The highest BCUT2D eigenvalue weighted by molar-refractivity contribution is 5.24. The molecule has 1 saturated heterocycles. The van der Waals surface area contributed by atoms with Crippen LogP contribution < -0.4 is 5.32 Å². The van der Waals surface area contributed by atoms with Gasteiger partial charge >= 0.3 is 0 Å². The first-order valence-electron chi connectivity index (χ1n) is 7.57. The molecule has 1 aliphatic heterocycles. The third-order valence-corrected chi connectivity index (χ3v) is 3.89. The molecule has 5 heteroatoms. The highest BCUT2D eigenvalue weighted by Gasteiger charge is 2.20. The number of nitrogens with one attached hydrogen (secondary N) is 1. The molecule has 0 unspecified atom stereocenters. The summed E-state index contributed by atoms with van der Waals surface area (Å²) in [5.41, 5.74) is 1.09. The Morgan fingerprint density at radius 1 is 1.38 bits per heavy atom. The van der Waals surface area contributed by atoms with E-state index in [4.69, 9.17) is 4.42 Å². The van der Waals surface area contributed by atoms with Crippen LogP contribution in [0.15, 0.2) is 35.2 Å². The standard InChI is InChI=1S/C16H22N4O/c1-13-8-17-16(18-9-13)19-10-14-4-2-6-20(11-14)12-15-5-3-7-21-15/h3,5,7-9,14H,2,4,6,10-12H2,1H3,(H,17,18,19)/t14-/m0/s1. The molecule has 112 valence electrons. The molecule has 0 radical (unpaired) electrons. The van der Waals surface area contributed by atoms with Gasteiger partial charge in [0.05, 0.1) is 12.8 Å². The lowest BCUT2D eigenvalue weighted by Crippen LogP contribution is -2.37. The molecule has 3 rings (SSSR count). The Morgan fingerprint density at radius 2 is 2.24 bits per heavy atom. The summed E-state index contributed by atoms with van der Waals surface area (Å²) in [5.74, 6) is 2.41. The predicted molar refractivity (Wildman–Crippen MR) is 82.0 cm³/mol. The first kappa shape index (κ1) is 14.1. The maximum absolute atomic E-state index is 5.43. The molecule has 5 nitrogen and oxygen atoms in total. The molecule has 3 heterocycles. The molecule has 1 fully saturated rings. The lowest BCUT2D eigenvalue weighted by Gasteiger charge is -2.32. The third-order valence-electron chi connectivity index (χ3n) is 3.89. The van der Waals surface area contributed by atoms with Crippen molar-refractivity contribution in [2.75, 3.05) is 25.0 Å². The molecule has 0 aromatic carbocycles. The second-order valence-corrected chi connectivity index (χ2v) is 5.79. The second-order valence-electron chi connectivity index (χ2n) is 5.79. The van der Waals surface area contributed by atoms with Crippen LogP contribution in [0.25, 0.3) is 0 Å². The van der Waals surface area contributed by atoms with E-state index in [-0.39, 0.29) is 0 Å². The minimum absolute atomic E-state index is 0.638. The molecule has 0 saturated carbocycles. The van der Waals surface area contributed by atoms with Gasteiger partial charge in [0.1, 0.15) is 5.76 Å². The van der Waals surface area contributed by atoms with Crippen molar-refractivity contribution >= 4 is 5.95 Å². The van der Waals surface area contributed by atoms with Crippen molar-refractivity contribution in [2.45, 2.75) is 26.3 Å². The Hall–Kier alpha value is -1.88. The smallest absolute Gasteiger partial charge is 0.222 e. The van der Waals surface area contributed by atoms with Crippen molar-refractivity contribution in [3.05, 3.63) is 42.1 Å². The Labute approximate surface area is 125 Å². The number of furan rings is 1. The fourth-order valence-electron chi connectivity index (χ4n) is 2.80. The molecule has 21 heavy (non-hydrogen) atoms. The molecule has 2 aromatic heterocycles. The fourth-order valence-corrected chi connectivity index (χ4v) is 2.80. The van der Waals surface area contributed by atoms with E-state index in [9.17, 15) is 0 Å². The maximum atomic E-state index is 5.43. The van der Waals surface area contributed by atoms with E-state index in [1.54, 1.807) is 6.26 Å². The fraction of sp³-hybridized carbons (Fsp3) is 0.500. The number of hydrogen-bond donors (Lipinski definition) is 1. The number of aromatic nitrogens is 2. The minimum Gasteiger partial charge on any atom is -0.468 e. The summed E-state index contributed by atoms with van der Waals surface area (Å²) in [6.07, 6.45) is 7.93. The van der Waals surface area contributed by atoms with Crippen LogP contribution in [0.5, 0.6) is 0 Å². The quantitative estimate of drug-likeness (QED) is 0.916. The van der Waals surface area contributed by atoms with Gasteiger partial charge in [0.25, 0.3) is 0 Å². The predicted octanol–water partition coefficient (Wildman–Crippen LogP) is 2.70. The first-order chi connectivity index (χ1) is 10.3. The Kier molecular flexibility index (Phi) is 4.50. The zero-order chi connectivity index (χ0) is 14.5. The second kappa shape index (κ2) is 6.72. The van der Waals surface area contributed by atoms with Crippen molar-refractivity contribution in [3.8, 4) is 0 Å². The van der Waals surface area contributed by atoms with Gasteiger partial charge in [0.2, 0.25) is 5.95 Å². The zero-order valence-electron chi connectivity index (χ0n) is 12.5. The molecule has 1 aliphatic rings. The van der Waals surface area contributed by atoms with Crippen molar-refractivity contribution in [1.82, 2.24) is 14.9 Å². The lowest BCUT2D eigenvalue weighted by atomic mass is 9.98. The third kappa shape index (κ3) is 4.04. The summed E-state index contributed by atoms with van der Waals surface area (Å²) < 4.78 is 5.43. The van der Waals surface area contributed by atoms with E-state index >= 15 is 0 Å². The summed E-state index contributed by atoms with van der Waals surface area (Å²) in [7, 11) is 0. The van der Waals surface area contributed by atoms with E-state index in [0.29, 0.717) is 5.92 Å². The lowest BCUT2D eigenvalue weighted by molar-refractivity contribution is 0.162. The molecular weight excluding hydrogens is 264 g/mol. The zero-order valence-corrected chi connectivity index (χ0v) is 12.5. The van der Waals surface area contributed by atoms with Crippen molar-refractivity contribution in [1.29, 1.82) is 0 Å². The van der Waals surface area contributed by atoms with Gasteiger partial charge in [0, 0.05) is 25.5 Å². The number of piperidine rings is 1. The molecule has 0 aliphatic carbocycles. The first-order valence-corrected chi connectivity index (χ1v) is 7.57. The number of rotatable bonds is 5. The van der Waals surface area contributed by atoms with Crippen molar-refractivity contribution in [2.24, 2.45) is 5.92 Å². The van der Waals surface area contributed by atoms with E-state index < -0.39 is 0 Å². The number of anilines is 1. The molecule has 2 aromatic rings. The van der Waals surface area contributed by atoms with E-state index in [2.05, 4.69) is 20.2 Å². The van der Waals surface area contributed by atoms with Crippen LogP contribution in [-0.2, 0) is 6.54 Å². The Bertz CT molecular complexity index is 538. The largest absolute Gasteiger partial charge is 0.468 e. The molecule has 1 atom stereocenters. The van der Waals surface area contributed by atoms with Crippen molar-refractivity contribution < 1.29 is 4.42 Å². The number of likely N-dealkylation sites (tertiary alicyclic amines) is 1. The monoisotopic (exact) mass is 286 g/mol. The molecule has 0 spiro atoms. The highest BCUT2D eigenvalue weighted by Crippen LogP contribution is 2.19. The van der Waals surface area contributed by atoms with Gasteiger partial charge < -0.3 is 9.73 Å². The van der Waals surface area contributed by atoms with Crippen LogP contribution in [0.2, 0.25) is 0 Å². The summed E-state index contributed by atoms with van der Waals surface area (Å²) >= 11 is 0. The van der Waals surface area contributed by atoms with Gasteiger partial charge in [-0.1, -0.05) is 0 Å². The number of aryl methyl sites for hydroxylation is 1. The van der Waals surface area contributed by atoms with Crippen LogP contribution in [0.4, 0.5) is 5.95 Å². The van der Waals surface area contributed by atoms with Gasteiger partial charge in [-0.25, -0.2) is 9.97 Å². The summed E-state index contributed by atoms with van der Waals surface area (Å²) in [6, 6.07) is 4.00. The number of nitrogens with zero attached hydrogens (tertiary/aromatic N) is 3. The number of hydrogen-bond acceptors (Lipinski definition) is 5. The molecule has 0 amide bonds. The van der Waals surface area contributed by atoms with Crippen LogP contribution >= 0.6 is 0 Å². The van der Waals surface area contributed by atoms with Gasteiger partial charge in [-0.05, 0) is 49.9 Å². The molecule has 0 bridgehead atoms.